The number of ether oxygens (including phenoxy) is 1. The molecule has 3 nitrogen and oxygen atoms in total. The quantitative estimate of drug-likeness (QED) is 0.924. The minimum absolute atomic E-state index is 0.575. The fourth-order valence-electron chi connectivity index (χ4n) is 1.56. The van der Waals surface area contributed by atoms with Crippen LogP contribution in [-0.4, -0.2) is 31.4 Å². The van der Waals surface area contributed by atoms with Crippen LogP contribution in [0.4, 0.5) is 5.69 Å². The van der Waals surface area contributed by atoms with Gasteiger partial charge >= 0.3 is 0 Å². The predicted molar refractivity (Wildman–Crippen MR) is 70.3 cm³/mol. The summed E-state index contributed by atoms with van der Waals surface area (Å²) >= 11 is 3.44. The first-order valence-corrected chi connectivity index (χ1v) is 5.90. The largest absolute Gasteiger partial charge is 0.496 e. The van der Waals surface area contributed by atoms with Gasteiger partial charge in [0.2, 0.25) is 0 Å². The lowest BCUT2D eigenvalue weighted by molar-refractivity contribution is 0.0886. The molecule has 0 radical (unpaired) electrons. The van der Waals surface area contributed by atoms with Gasteiger partial charge in [0, 0.05) is 19.3 Å². The second kappa shape index (κ2) is 5.06. The van der Waals surface area contributed by atoms with Crippen LogP contribution in [0.5, 0.6) is 5.75 Å². The van der Waals surface area contributed by atoms with Crippen molar-refractivity contribution < 1.29 is 9.84 Å². The number of nitrogens with zero attached hydrogens (tertiary/aromatic N) is 1. The number of rotatable bonds is 4. The Balaban J connectivity index is 2.85. The maximum Gasteiger partial charge on any atom is 0.133 e. The average molecular weight is 288 g/mol. The number of hydrogen-bond donors (Lipinski definition) is 1. The topological polar surface area (TPSA) is 32.7 Å². The minimum atomic E-state index is -0.707. The van der Waals surface area contributed by atoms with E-state index in [0.717, 1.165) is 15.9 Å². The number of methoxy groups -OCH3 is 1. The Kier molecular flexibility index (Phi) is 4.21. The van der Waals surface area contributed by atoms with Crippen molar-refractivity contribution in [2.45, 2.75) is 19.4 Å². The Morgan fingerprint density at radius 3 is 2.50 bits per heavy atom. The molecule has 0 saturated carbocycles. The lowest BCUT2D eigenvalue weighted by atomic mass is 10.1. The van der Waals surface area contributed by atoms with Crippen LogP contribution in [0.1, 0.15) is 13.8 Å². The Bertz CT molecular complexity index is 361. The van der Waals surface area contributed by atoms with Gasteiger partial charge in [0.1, 0.15) is 5.75 Å². The first-order chi connectivity index (χ1) is 7.33. The molecule has 1 N–H and O–H groups in total. The normalized spacial score (nSPS) is 11.4. The van der Waals surface area contributed by atoms with Crippen molar-refractivity contribution in [2.24, 2.45) is 0 Å². The predicted octanol–water partition coefficient (Wildman–Crippen LogP) is 2.66. The van der Waals surface area contributed by atoms with E-state index < -0.39 is 5.60 Å². The molecular formula is C12H18BrNO2. The highest BCUT2D eigenvalue weighted by Crippen LogP contribution is 2.29. The van der Waals surface area contributed by atoms with Crippen molar-refractivity contribution in [1.82, 2.24) is 0 Å². The van der Waals surface area contributed by atoms with Crippen molar-refractivity contribution in [3.63, 3.8) is 0 Å². The van der Waals surface area contributed by atoms with E-state index in [0.29, 0.717) is 6.54 Å². The Hall–Kier alpha value is -0.740. The maximum atomic E-state index is 9.74. The van der Waals surface area contributed by atoms with Crippen LogP contribution in [0, 0.1) is 0 Å². The van der Waals surface area contributed by atoms with Crippen molar-refractivity contribution in [3.05, 3.63) is 22.7 Å². The molecule has 0 spiro atoms. The zero-order valence-corrected chi connectivity index (χ0v) is 11.7. The molecule has 1 aromatic rings. The molecule has 1 aromatic carbocycles. The van der Waals surface area contributed by atoms with Crippen molar-refractivity contribution >= 4 is 21.6 Å². The summed E-state index contributed by atoms with van der Waals surface area (Å²) in [4.78, 5) is 2.00. The van der Waals surface area contributed by atoms with Crippen molar-refractivity contribution in [3.8, 4) is 5.75 Å². The van der Waals surface area contributed by atoms with Gasteiger partial charge in [-0.2, -0.15) is 0 Å². The lowest BCUT2D eigenvalue weighted by Gasteiger charge is -2.27. The number of halogens is 1. The van der Waals surface area contributed by atoms with E-state index in [1.807, 2.05) is 30.1 Å². The van der Waals surface area contributed by atoms with Gasteiger partial charge in [-0.15, -0.1) is 0 Å². The summed E-state index contributed by atoms with van der Waals surface area (Å²) in [6, 6.07) is 5.85. The molecule has 0 fully saturated rings. The molecule has 0 aromatic heterocycles. The van der Waals surface area contributed by atoms with Crippen LogP contribution >= 0.6 is 15.9 Å². The smallest absolute Gasteiger partial charge is 0.133 e. The second-order valence-corrected chi connectivity index (χ2v) is 5.34. The van der Waals surface area contributed by atoms with Crippen LogP contribution < -0.4 is 9.64 Å². The third-order valence-corrected chi connectivity index (χ3v) is 2.82. The van der Waals surface area contributed by atoms with Gasteiger partial charge in [0.05, 0.1) is 17.2 Å². The zero-order chi connectivity index (χ0) is 12.3. The molecule has 0 atom stereocenters. The van der Waals surface area contributed by atoms with Gasteiger partial charge in [-0.25, -0.2) is 0 Å². The Labute approximate surface area is 105 Å². The van der Waals surface area contributed by atoms with Gasteiger partial charge in [0.15, 0.2) is 0 Å². The van der Waals surface area contributed by atoms with Gasteiger partial charge < -0.3 is 14.7 Å². The van der Waals surface area contributed by atoms with E-state index in [4.69, 9.17) is 4.74 Å². The highest BCUT2D eigenvalue weighted by atomic mass is 79.9. The third-order valence-electron chi connectivity index (χ3n) is 2.20. The molecule has 0 heterocycles. The van der Waals surface area contributed by atoms with E-state index in [-0.39, 0.29) is 0 Å². The zero-order valence-electron chi connectivity index (χ0n) is 10.1. The molecule has 0 unspecified atom stereocenters. The van der Waals surface area contributed by atoms with Gasteiger partial charge in [-0.05, 0) is 48.0 Å². The molecule has 0 saturated heterocycles. The van der Waals surface area contributed by atoms with Gasteiger partial charge in [-0.1, -0.05) is 0 Å². The van der Waals surface area contributed by atoms with Crippen LogP contribution in [-0.2, 0) is 0 Å². The first-order valence-electron chi connectivity index (χ1n) is 5.10. The molecule has 0 aliphatic carbocycles. The molecule has 0 aliphatic heterocycles. The summed E-state index contributed by atoms with van der Waals surface area (Å²) in [6.45, 7) is 4.16. The number of aliphatic hydroxyl groups is 1. The Morgan fingerprint density at radius 1 is 1.44 bits per heavy atom. The van der Waals surface area contributed by atoms with Crippen LogP contribution in [0.15, 0.2) is 22.7 Å². The molecular weight excluding hydrogens is 270 g/mol. The lowest BCUT2D eigenvalue weighted by Crippen LogP contribution is -2.36. The highest BCUT2D eigenvalue weighted by Gasteiger charge is 2.16. The molecule has 90 valence electrons. The number of anilines is 1. The number of benzene rings is 1. The van der Waals surface area contributed by atoms with E-state index >= 15 is 0 Å². The van der Waals surface area contributed by atoms with E-state index in [2.05, 4.69) is 15.9 Å². The molecule has 0 bridgehead atoms. The molecule has 1 rings (SSSR count). The van der Waals surface area contributed by atoms with Crippen LogP contribution in [0.25, 0.3) is 0 Å². The highest BCUT2D eigenvalue weighted by molar-refractivity contribution is 9.10. The average Bonchev–Trinajstić information content (AvgIpc) is 2.15. The fraction of sp³-hybridized carbons (Fsp3) is 0.500. The summed E-state index contributed by atoms with van der Waals surface area (Å²) in [5, 5.41) is 9.74. The summed E-state index contributed by atoms with van der Waals surface area (Å²) in [5.41, 5.74) is 0.330. The third kappa shape index (κ3) is 3.68. The van der Waals surface area contributed by atoms with E-state index in [1.165, 1.54) is 0 Å². The first kappa shape index (κ1) is 13.3. The monoisotopic (exact) mass is 287 g/mol. The summed E-state index contributed by atoms with van der Waals surface area (Å²) in [5.74, 6) is 0.806. The molecule has 4 heteroatoms. The second-order valence-electron chi connectivity index (χ2n) is 4.49. The number of likely N-dealkylation sites (N-methyl/N-ethyl adjacent to an activating group) is 1. The van der Waals surface area contributed by atoms with E-state index in [9.17, 15) is 5.11 Å². The molecule has 0 aliphatic rings. The van der Waals surface area contributed by atoms with Crippen molar-refractivity contribution in [1.29, 1.82) is 0 Å². The van der Waals surface area contributed by atoms with Crippen LogP contribution in [0.3, 0.4) is 0 Å². The van der Waals surface area contributed by atoms with Gasteiger partial charge in [0.25, 0.3) is 0 Å². The standard InChI is InChI=1S/C12H18BrNO2/c1-12(2,15)8-14(3)9-5-6-11(16-4)10(13)7-9/h5-7,15H,8H2,1-4H3. The minimum Gasteiger partial charge on any atom is -0.496 e. The summed E-state index contributed by atoms with van der Waals surface area (Å²) in [6.07, 6.45) is 0. The van der Waals surface area contributed by atoms with E-state index in [1.54, 1.807) is 21.0 Å². The molecule has 16 heavy (non-hydrogen) atoms. The SMILES string of the molecule is COc1ccc(N(C)CC(C)(C)O)cc1Br. The maximum absolute atomic E-state index is 9.74. The Morgan fingerprint density at radius 2 is 2.06 bits per heavy atom. The summed E-state index contributed by atoms with van der Waals surface area (Å²) < 4.78 is 6.08. The van der Waals surface area contributed by atoms with Crippen LogP contribution in [0.2, 0.25) is 0 Å². The van der Waals surface area contributed by atoms with Crippen molar-refractivity contribution in [2.75, 3.05) is 25.6 Å². The summed E-state index contributed by atoms with van der Waals surface area (Å²) in [7, 11) is 3.59. The fourth-order valence-corrected chi connectivity index (χ4v) is 2.09. The number of hydrogen-bond acceptors (Lipinski definition) is 3. The molecule has 0 amide bonds. The van der Waals surface area contributed by atoms with Gasteiger partial charge in [-0.3, -0.25) is 0 Å².